The SMILES string of the molecule is CCN[C@@H](C(=O)N1CCCC1c1ncc(-c2ccc(-c3ccc(-c4cnc([C@@H]5CCCN5C(=O)[C@](C)(NC(=O)OC)C(C)C)[nH]4)cc3)cc2)[nH]1)c1ccccc1. The summed E-state index contributed by atoms with van der Waals surface area (Å²) < 4.78 is 4.83. The molecule has 7 rings (SSSR count). The molecular weight excluding hydrogens is 705 g/mol. The van der Waals surface area contributed by atoms with Crippen LogP contribution in [0.5, 0.6) is 0 Å². The first kappa shape index (κ1) is 38.5. The van der Waals surface area contributed by atoms with Crippen molar-refractivity contribution < 1.29 is 19.1 Å². The molecule has 5 aromatic rings. The number of carbonyl (C=O) groups excluding carboxylic acids is 3. The molecule has 0 aliphatic carbocycles. The summed E-state index contributed by atoms with van der Waals surface area (Å²) in [5.41, 5.74) is 5.82. The normalized spacial score (nSPS) is 18.5. The number of nitrogens with zero attached hydrogens (tertiary/aromatic N) is 4. The van der Waals surface area contributed by atoms with E-state index in [2.05, 4.69) is 69.1 Å². The van der Waals surface area contributed by atoms with Gasteiger partial charge in [0.2, 0.25) is 11.8 Å². The molecule has 0 spiro atoms. The van der Waals surface area contributed by atoms with Crippen LogP contribution in [-0.4, -0.2) is 79.9 Å². The van der Waals surface area contributed by atoms with Gasteiger partial charge in [-0.1, -0.05) is 99.6 Å². The second kappa shape index (κ2) is 16.5. The number of nitrogens with one attached hydrogen (secondary N) is 4. The quantitative estimate of drug-likeness (QED) is 0.103. The molecule has 3 aromatic carbocycles. The van der Waals surface area contributed by atoms with Crippen molar-refractivity contribution in [3.8, 4) is 33.6 Å². The van der Waals surface area contributed by atoms with E-state index >= 15 is 0 Å². The van der Waals surface area contributed by atoms with Crippen LogP contribution in [0.4, 0.5) is 4.79 Å². The average molecular weight is 757 g/mol. The first-order valence-corrected chi connectivity index (χ1v) is 19.7. The fraction of sp³-hybridized carbons (Fsp3) is 0.386. The van der Waals surface area contributed by atoms with Gasteiger partial charge in [0.1, 0.15) is 23.2 Å². The number of imidazole rings is 2. The maximum absolute atomic E-state index is 13.9. The van der Waals surface area contributed by atoms with Crippen molar-refractivity contribution in [2.75, 3.05) is 26.7 Å². The number of methoxy groups -OCH3 is 1. The van der Waals surface area contributed by atoms with Crippen molar-refractivity contribution >= 4 is 17.9 Å². The molecule has 0 saturated carbocycles. The van der Waals surface area contributed by atoms with Crippen molar-refractivity contribution in [1.29, 1.82) is 0 Å². The van der Waals surface area contributed by atoms with E-state index in [1.165, 1.54) is 7.11 Å². The molecule has 3 amide bonds. The molecule has 12 heteroatoms. The van der Waals surface area contributed by atoms with Crippen LogP contribution in [0.25, 0.3) is 33.6 Å². The first-order valence-electron chi connectivity index (χ1n) is 19.7. The minimum Gasteiger partial charge on any atom is -0.453 e. The van der Waals surface area contributed by atoms with Crippen LogP contribution in [0.3, 0.4) is 0 Å². The number of benzene rings is 3. The molecule has 2 saturated heterocycles. The van der Waals surface area contributed by atoms with Crippen molar-refractivity contribution in [2.24, 2.45) is 5.92 Å². The zero-order valence-corrected chi connectivity index (χ0v) is 32.8. The van der Waals surface area contributed by atoms with Gasteiger partial charge < -0.3 is 35.1 Å². The smallest absolute Gasteiger partial charge is 0.407 e. The van der Waals surface area contributed by atoms with E-state index < -0.39 is 11.6 Å². The first-order chi connectivity index (χ1) is 27.1. The summed E-state index contributed by atoms with van der Waals surface area (Å²) >= 11 is 0. The Labute approximate surface area is 328 Å². The fourth-order valence-corrected chi connectivity index (χ4v) is 7.97. The van der Waals surface area contributed by atoms with Gasteiger partial charge in [0, 0.05) is 13.1 Å². The lowest BCUT2D eigenvalue weighted by Crippen LogP contribution is -2.60. The summed E-state index contributed by atoms with van der Waals surface area (Å²) in [6.45, 7) is 9.61. The lowest BCUT2D eigenvalue weighted by Gasteiger charge is -2.37. The standard InChI is InChI=1S/C44H52N8O4/c1-6-45-38(33-12-8-7-9-13-33)41(53)51-24-10-14-36(51)39-46-26-34(48-39)31-20-16-29(17-21-31)30-18-22-32(23-19-30)35-27-47-40(49-35)37-15-11-25-52(37)42(54)44(4,28(2)3)50-43(55)56-5/h7-9,12-13,16-23,26-28,36-38,45H,6,10-11,14-15,24-25H2,1-5H3,(H,46,48)(H,47,49)(H,50,55)/t36?,37-,38+,44+/m0/s1. The lowest BCUT2D eigenvalue weighted by molar-refractivity contribution is -0.140. The Hall–Kier alpha value is -5.75. The summed E-state index contributed by atoms with van der Waals surface area (Å²) in [4.78, 5) is 60.1. The molecular formula is C44H52N8O4. The van der Waals surface area contributed by atoms with E-state index in [9.17, 15) is 14.4 Å². The van der Waals surface area contributed by atoms with Gasteiger partial charge in [0.05, 0.1) is 43.0 Å². The number of H-pyrrole nitrogens is 2. The molecule has 4 atom stereocenters. The third-order valence-electron chi connectivity index (χ3n) is 11.5. The number of aromatic nitrogens is 4. The minimum absolute atomic E-state index is 0.0786. The zero-order chi connectivity index (χ0) is 39.4. The summed E-state index contributed by atoms with van der Waals surface area (Å²) in [5, 5.41) is 6.16. The van der Waals surface area contributed by atoms with E-state index in [0.717, 1.165) is 76.5 Å². The second-order valence-corrected chi connectivity index (χ2v) is 15.2. The maximum atomic E-state index is 13.9. The van der Waals surface area contributed by atoms with Gasteiger partial charge in [0.25, 0.3) is 0 Å². The minimum atomic E-state index is -1.11. The van der Waals surface area contributed by atoms with Crippen molar-refractivity contribution in [3.05, 3.63) is 108 Å². The number of likely N-dealkylation sites (N-methyl/N-ethyl adjacent to an activating group) is 1. The van der Waals surface area contributed by atoms with E-state index in [-0.39, 0.29) is 35.9 Å². The van der Waals surface area contributed by atoms with Crippen molar-refractivity contribution in [3.63, 3.8) is 0 Å². The van der Waals surface area contributed by atoms with Gasteiger partial charge in [-0.2, -0.15) is 0 Å². The Morgan fingerprint density at radius 2 is 1.29 bits per heavy atom. The zero-order valence-electron chi connectivity index (χ0n) is 32.8. The van der Waals surface area contributed by atoms with Crippen LogP contribution in [0.15, 0.2) is 91.3 Å². The topological polar surface area (TPSA) is 148 Å². The summed E-state index contributed by atoms with van der Waals surface area (Å²) in [6.07, 6.45) is 6.48. The highest BCUT2D eigenvalue weighted by molar-refractivity contribution is 5.90. The number of aromatic amines is 2. The van der Waals surface area contributed by atoms with Crippen LogP contribution in [0.2, 0.25) is 0 Å². The Kier molecular flexibility index (Phi) is 11.4. The molecule has 0 radical (unpaired) electrons. The van der Waals surface area contributed by atoms with Crippen LogP contribution in [0.1, 0.15) is 88.7 Å². The molecule has 56 heavy (non-hydrogen) atoms. The lowest BCUT2D eigenvalue weighted by atomic mass is 9.86. The number of alkyl carbamates (subject to hydrolysis) is 1. The third-order valence-corrected chi connectivity index (χ3v) is 11.5. The molecule has 2 aliphatic heterocycles. The average Bonchev–Trinajstić information content (AvgIpc) is 4.07. The largest absolute Gasteiger partial charge is 0.453 e. The Morgan fingerprint density at radius 1 is 0.786 bits per heavy atom. The van der Waals surface area contributed by atoms with E-state index in [4.69, 9.17) is 14.7 Å². The molecule has 12 nitrogen and oxygen atoms in total. The van der Waals surface area contributed by atoms with Crippen LogP contribution in [-0.2, 0) is 14.3 Å². The molecule has 2 aromatic heterocycles. The van der Waals surface area contributed by atoms with Crippen LogP contribution < -0.4 is 10.6 Å². The predicted molar refractivity (Wildman–Crippen MR) is 216 cm³/mol. The van der Waals surface area contributed by atoms with Crippen molar-refractivity contribution in [1.82, 2.24) is 40.4 Å². The third kappa shape index (κ3) is 7.70. The predicted octanol–water partition coefficient (Wildman–Crippen LogP) is 7.58. The summed E-state index contributed by atoms with van der Waals surface area (Å²) in [5.74, 6) is 1.33. The molecule has 1 unspecified atom stereocenters. The second-order valence-electron chi connectivity index (χ2n) is 15.2. The molecule has 4 heterocycles. The highest BCUT2D eigenvalue weighted by atomic mass is 16.5. The molecule has 2 aliphatic rings. The summed E-state index contributed by atoms with van der Waals surface area (Å²) in [7, 11) is 1.30. The van der Waals surface area contributed by atoms with Gasteiger partial charge in [-0.15, -0.1) is 0 Å². The Bertz CT molecular complexity index is 2130. The number of rotatable bonds is 12. The number of carbonyl (C=O) groups is 3. The maximum Gasteiger partial charge on any atom is 0.407 e. The number of amides is 3. The van der Waals surface area contributed by atoms with Crippen molar-refractivity contribution in [2.45, 2.75) is 77.0 Å². The number of hydrogen-bond acceptors (Lipinski definition) is 7. The molecule has 4 N–H and O–H groups in total. The number of hydrogen-bond donors (Lipinski definition) is 4. The highest BCUT2D eigenvalue weighted by Gasteiger charge is 2.45. The number of ether oxygens (including phenoxy) is 1. The van der Waals surface area contributed by atoms with E-state index in [0.29, 0.717) is 19.6 Å². The Morgan fingerprint density at radius 3 is 1.79 bits per heavy atom. The molecule has 0 bridgehead atoms. The van der Waals surface area contributed by atoms with Crippen LogP contribution >= 0.6 is 0 Å². The van der Waals surface area contributed by atoms with E-state index in [1.54, 1.807) is 6.92 Å². The van der Waals surface area contributed by atoms with Crippen LogP contribution in [0, 0.1) is 5.92 Å². The Balaban J connectivity index is 1.01. The number of likely N-dealkylation sites (tertiary alicyclic amines) is 2. The van der Waals surface area contributed by atoms with E-state index in [1.807, 2.05) is 73.3 Å². The van der Waals surface area contributed by atoms with Gasteiger partial charge in [-0.05, 0) is 72.9 Å². The highest BCUT2D eigenvalue weighted by Crippen LogP contribution is 2.37. The van der Waals surface area contributed by atoms with Gasteiger partial charge in [0.15, 0.2) is 0 Å². The molecule has 2 fully saturated rings. The van der Waals surface area contributed by atoms with Gasteiger partial charge in [-0.3, -0.25) is 9.59 Å². The monoisotopic (exact) mass is 756 g/mol. The van der Waals surface area contributed by atoms with Gasteiger partial charge in [-0.25, -0.2) is 14.8 Å². The summed E-state index contributed by atoms with van der Waals surface area (Å²) in [6, 6.07) is 26.0. The fourth-order valence-electron chi connectivity index (χ4n) is 7.97. The molecule has 292 valence electrons. The van der Waals surface area contributed by atoms with Gasteiger partial charge >= 0.3 is 6.09 Å².